The number of nitrogens with one attached hydrogen (secondary N) is 1. The Morgan fingerprint density at radius 1 is 1.59 bits per heavy atom. The summed E-state index contributed by atoms with van der Waals surface area (Å²) in [6, 6.07) is 7.77. The van der Waals surface area contributed by atoms with Crippen LogP contribution in [0.5, 0.6) is 0 Å². The highest BCUT2D eigenvalue weighted by Gasteiger charge is 2.22. The number of halogens is 1. The quantitative estimate of drug-likeness (QED) is 0.869. The Hall–Kier alpha value is -1.06. The lowest BCUT2D eigenvalue weighted by Gasteiger charge is -2.34. The molecular formula is C13H17ClN2O. The molecule has 1 atom stereocenters. The Morgan fingerprint density at radius 2 is 2.41 bits per heavy atom. The smallest absolute Gasteiger partial charge is 0.227 e. The van der Waals surface area contributed by atoms with Gasteiger partial charge in [0, 0.05) is 30.7 Å². The molecule has 1 saturated heterocycles. The molecular weight excluding hydrogens is 236 g/mol. The van der Waals surface area contributed by atoms with Crippen molar-refractivity contribution in [2.45, 2.75) is 19.4 Å². The third-order valence-electron chi connectivity index (χ3n) is 3.07. The summed E-state index contributed by atoms with van der Waals surface area (Å²) in [7, 11) is 0. The fourth-order valence-corrected chi connectivity index (χ4v) is 2.35. The van der Waals surface area contributed by atoms with Crippen LogP contribution in [0.4, 0.5) is 0 Å². The number of carbonyl (C=O) groups is 1. The predicted octanol–water partition coefficient (Wildman–Crippen LogP) is 1.70. The summed E-state index contributed by atoms with van der Waals surface area (Å²) < 4.78 is 0. The molecule has 1 fully saturated rings. The zero-order valence-corrected chi connectivity index (χ0v) is 10.7. The zero-order chi connectivity index (χ0) is 12.3. The summed E-state index contributed by atoms with van der Waals surface area (Å²) in [6.45, 7) is 4.62. The summed E-state index contributed by atoms with van der Waals surface area (Å²) in [5, 5.41) is 3.96. The highest BCUT2D eigenvalue weighted by atomic mass is 35.5. The number of nitrogens with zero attached hydrogens (tertiary/aromatic N) is 1. The Balaban J connectivity index is 2.01. The van der Waals surface area contributed by atoms with E-state index in [0.29, 0.717) is 11.4 Å². The summed E-state index contributed by atoms with van der Waals surface area (Å²) in [4.78, 5) is 14.1. The molecule has 1 aromatic carbocycles. The van der Waals surface area contributed by atoms with E-state index in [-0.39, 0.29) is 11.9 Å². The largest absolute Gasteiger partial charge is 0.337 e. The SMILES string of the molecule is C[C@@H]1CNCCN1C(=O)Cc1cccc(Cl)c1. The number of hydrogen-bond donors (Lipinski definition) is 1. The van der Waals surface area contributed by atoms with Crippen molar-refractivity contribution in [2.75, 3.05) is 19.6 Å². The molecule has 17 heavy (non-hydrogen) atoms. The third kappa shape index (κ3) is 3.20. The van der Waals surface area contributed by atoms with Gasteiger partial charge >= 0.3 is 0 Å². The zero-order valence-electron chi connectivity index (χ0n) is 9.95. The van der Waals surface area contributed by atoms with E-state index in [0.717, 1.165) is 25.2 Å². The fraction of sp³-hybridized carbons (Fsp3) is 0.462. The van der Waals surface area contributed by atoms with E-state index in [1.807, 2.05) is 29.2 Å². The average molecular weight is 253 g/mol. The number of amides is 1. The minimum atomic E-state index is 0.182. The molecule has 1 aromatic rings. The summed E-state index contributed by atoms with van der Waals surface area (Å²) in [5.41, 5.74) is 0.980. The molecule has 1 aliphatic rings. The number of rotatable bonds is 2. The number of piperazine rings is 1. The number of carbonyl (C=O) groups excluding carboxylic acids is 1. The van der Waals surface area contributed by atoms with Crippen LogP contribution in [0.2, 0.25) is 5.02 Å². The molecule has 0 saturated carbocycles. The van der Waals surface area contributed by atoms with Gasteiger partial charge < -0.3 is 10.2 Å². The van der Waals surface area contributed by atoms with Crippen molar-refractivity contribution in [2.24, 2.45) is 0 Å². The van der Waals surface area contributed by atoms with Gasteiger partial charge in [-0.2, -0.15) is 0 Å². The Bertz CT molecular complexity index is 408. The molecule has 0 unspecified atom stereocenters. The first-order chi connectivity index (χ1) is 8.16. The highest BCUT2D eigenvalue weighted by molar-refractivity contribution is 6.30. The normalized spacial score (nSPS) is 20.4. The second-order valence-electron chi connectivity index (χ2n) is 4.45. The van der Waals surface area contributed by atoms with Gasteiger partial charge in [0.15, 0.2) is 0 Å². The Kier molecular flexibility index (Phi) is 4.02. The molecule has 0 bridgehead atoms. The number of benzene rings is 1. The van der Waals surface area contributed by atoms with Crippen molar-refractivity contribution in [3.8, 4) is 0 Å². The fourth-order valence-electron chi connectivity index (χ4n) is 2.13. The maximum absolute atomic E-state index is 12.1. The molecule has 1 aliphatic heterocycles. The molecule has 1 amide bonds. The molecule has 0 aliphatic carbocycles. The van der Waals surface area contributed by atoms with E-state index in [2.05, 4.69) is 12.2 Å². The maximum Gasteiger partial charge on any atom is 0.227 e. The number of hydrogen-bond acceptors (Lipinski definition) is 2. The minimum absolute atomic E-state index is 0.182. The molecule has 0 aromatic heterocycles. The van der Waals surface area contributed by atoms with Gasteiger partial charge in [-0.05, 0) is 24.6 Å². The van der Waals surface area contributed by atoms with Crippen LogP contribution in [-0.4, -0.2) is 36.5 Å². The monoisotopic (exact) mass is 252 g/mol. The van der Waals surface area contributed by atoms with Crippen LogP contribution in [-0.2, 0) is 11.2 Å². The van der Waals surface area contributed by atoms with E-state index < -0.39 is 0 Å². The predicted molar refractivity (Wildman–Crippen MR) is 69.2 cm³/mol. The average Bonchev–Trinajstić information content (AvgIpc) is 2.29. The maximum atomic E-state index is 12.1. The van der Waals surface area contributed by atoms with Crippen LogP contribution in [0.3, 0.4) is 0 Å². The standard InChI is InChI=1S/C13H17ClN2O/c1-10-9-15-5-6-16(10)13(17)8-11-3-2-4-12(14)7-11/h2-4,7,10,15H,5-6,8-9H2,1H3/t10-/m1/s1. The second-order valence-corrected chi connectivity index (χ2v) is 4.88. The van der Waals surface area contributed by atoms with E-state index in [1.54, 1.807) is 0 Å². The van der Waals surface area contributed by atoms with Gasteiger partial charge in [0.1, 0.15) is 0 Å². The molecule has 0 spiro atoms. The van der Waals surface area contributed by atoms with Crippen molar-refractivity contribution < 1.29 is 4.79 Å². The van der Waals surface area contributed by atoms with Crippen LogP contribution in [0.15, 0.2) is 24.3 Å². The lowest BCUT2D eigenvalue weighted by molar-refractivity contribution is -0.133. The van der Waals surface area contributed by atoms with Crippen LogP contribution >= 0.6 is 11.6 Å². The molecule has 1 heterocycles. The van der Waals surface area contributed by atoms with Gasteiger partial charge in [-0.3, -0.25) is 4.79 Å². The van der Waals surface area contributed by atoms with Gasteiger partial charge in [0.2, 0.25) is 5.91 Å². The van der Waals surface area contributed by atoms with E-state index in [1.165, 1.54) is 0 Å². The molecule has 0 radical (unpaired) electrons. The first-order valence-corrected chi connectivity index (χ1v) is 6.29. The van der Waals surface area contributed by atoms with E-state index in [4.69, 9.17) is 11.6 Å². The minimum Gasteiger partial charge on any atom is -0.337 e. The Morgan fingerprint density at radius 3 is 3.12 bits per heavy atom. The van der Waals surface area contributed by atoms with Crippen LogP contribution in [0.25, 0.3) is 0 Å². The topological polar surface area (TPSA) is 32.3 Å². The van der Waals surface area contributed by atoms with Crippen LogP contribution in [0, 0.1) is 0 Å². The van der Waals surface area contributed by atoms with Crippen molar-refractivity contribution >= 4 is 17.5 Å². The highest BCUT2D eigenvalue weighted by Crippen LogP contribution is 2.13. The van der Waals surface area contributed by atoms with Gasteiger partial charge in [-0.25, -0.2) is 0 Å². The van der Waals surface area contributed by atoms with Gasteiger partial charge in [-0.1, -0.05) is 23.7 Å². The van der Waals surface area contributed by atoms with Gasteiger partial charge in [0.05, 0.1) is 6.42 Å². The van der Waals surface area contributed by atoms with Crippen LogP contribution < -0.4 is 5.32 Å². The van der Waals surface area contributed by atoms with Crippen molar-refractivity contribution in [1.82, 2.24) is 10.2 Å². The summed E-state index contributed by atoms with van der Waals surface area (Å²) in [5.74, 6) is 0.182. The molecule has 3 nitrogen and oxygen atoms in total. The van der Waals surface area contributed by atoms with E-state index in [9.17, 15) is 4.79 Å². The molecule has 4 heteroatoms. The second kappa shape index (κ2) is 5.52. The lowest BCUT2D eigenvalue weighted by Crippen LogP contribution is -2.52. The Labute approximate surface area is 107 Å². The lowest BCUT2D eigenvalue weighted by atomic mass is 10.1. The summed E-state index contributed by atoms with van der Waals surface area (Å²) in [6.07, 6.45) is 0.435. The third-order valence-corrected chi connectivity index (χ3v) is 3.30. The van der Waals surface area contributed by atoms with Gasteiger partial charge in [0.25, 0.3) is 0 Å². The van der Waals surface area contributed by atoms with E-state index >= 15 is 0 Å². The summed E-state index contributed by atoms with van der Waals surface area (Å²) >= 11 is 5.91. The molecule has 92 valence electrons. The molecule has 2 rings (SSSR count). The van der Waals surface area contributed by atoms with Crippen molar-refractivity contribution in [3.63, 3.8) is 0 Å². The van der Waals surface area contributed by atoms with Crippen molar-refractivity contribution in [3.05, 3.63) is 34.9 Å². The first kappa shape index (κ1) is 12.4. The first-order valence-electron chi connectivity index (χ1n) is 5.91. The van der Waals surface area contributed by atoms with Crippen LogP contribution in [0.1, 0.15) is 12.5 Å². The van der Waals surface area contributed by atoms with Gasteiger partial charge in [-0.15, -0.1) is 0 Å². The van der Waals surface area contributed by atoms with Crippen molar-refractivity contribution in [1.29, 1.82) is 0 Å². The molecule has 1 N–H and O–H groups in total.